The lowest BCUT2D eigenvalue weighted by Gasteiger charge is -2.15. The Morgan fingerprint density at radius 2 is 1.69 bits per heavy atom. The first-order valence-corrected chi connectivity index (χ1v) is 5.23. The molecule has 0 aromatic carbocycles. The van der Waals surface area contributed by atoms with E-state index in [1.165, 1.54) is 4.90 Å². The minimum absolute atomic E-state index is 0.115. The Kier molecular flexibility index (Phi) is 4.16. The highest BCUT2D eigenvalue weighted by Gasteiger charge is 2.11. The van der Waals surface area contributed by atoms with Gasteiger partial charge >= 0.3 is 5.97 Å². The van der Waals surface area contributed by atoms with Crippen LogP contribution in [-0.2, 0) is 17.6 Å². The molecule has 1 heterocycles. The van der Waals surface area contributed by atoms with E-state index >= 15 is 0 Å². The van der Waals surface area contributed by atoms with Gasteiger partial charge in [0.25, 0.3) is 0 Å². The maximum atomic E-state index is 10.6. The Hall–Kier alpha value is -1.72. The molecule has 0 aliphatic heterocycles. The molecule has 0 saturated carbocycles. The molecule has 1 rings (SSSR count). The molecule has 6 heteroatoms. The predicted octanol–water partition coefficient (Wildman–Crippen LogP) is 0.517. The molecule has 0 radical (unpaired) electrons. The van der Waals surface area contributed by atoms with Crippen molar-refractivity contribution in [3.63, 3.8) is 0 Å². The average molecular weight is 224 g/mol. The van der Waals surface area contributed by atoms with E-state index in [1.54, 1.807) is 7.05 Å². The second-order valence-electron chi connectivity index (χ2n) is 3.42. The van der Waals surface area contributed by atoms with Crippen LogP contribution in [0, 0.1) is 0 Å². The summed E-state index contributed by atoms with van der Waals surface area (Å²) >= 11 is 0. The summed E-state index contributed by atoms with van der Waals surface area (Å²) in [6.07, 6.45) is 1.42. The third-order valence-electron chi connectivity index (χ3n) is 2.06. The third kappa shape index (κ3) is 3.15. The number of aryl methyl sites for hydroxylation is 2. The van der Waals surface area contributed by atoms with Crippen LogP contribution < -0.4 is 4.90 Å². The highest BCUT2D eigenvalue weighted by molar-refractivity contribution is 5.72. The van der Waals surface area contributed by atoms with Crippen LogP contribution in [-0.4, -0.2) is 39.6 Å². The van der Waals surface area contributed by atoms with Crippen molar-refractivity contribution < 1.29 is 9.90 Å². The largest absolute Gasteiger partial charge is 0.480 e. The van der Waals surface area contributed by atoms with Crippen LogP contribution in [0.5, 0.6) is 0 Å². The highest BCUT2D eigenvalue weighted by Crippen LogP contribution is 2.07. The number of hydrogen-bond donors (Lipinski definition) is 1. The minimum atomic E-state index is -0.904. The van der Waals surface area contributed by atoms with Gasteiger partial charge in [0.1, 0.15) is 18.2 Å². The average Bonchev–Trinajstić information content (AvgIpc) is 2.27. The van der Waals surface area contributed by atoms with Gasteiger partial charge in [-0.2, -0.15) is 9.97 Å². The Labute approximate surface area is 94.4 Å². The van der Waals surface area contributed by atoms with Crippen molar-refractivity contribution in [3.8, 4) is 0 Å². The van der Waals surface area contributed by atoms with E-state index in [0.717, 1.165) is 0 Å². The van der Waals surface area contributed by atoms with Gasteiger partial charge in [-0.15, -0.1) is 0 Å². The lowest BCUT2D eigenvalue weighted by molar-refractivity contribution is -0.135. The van der Waals surface area contributed by atoms with Gasteiger partial charge in [0, 0.05) is 19.9 Å². The molecule has 1 aromatic rings. The van der Waals surface area contributed by atoms with Crippen molar-refractivity contribution in [2.75, 3.05) is 18.5 Å². The van der Waals surface area contributed by atoms with E-state index < -0.39 is 5.97 Å². The van der Waals surface area contributed by atoms with Crippen molar-refractivity contribution >= 4 is 11.9 Å². The molecule has 0 spiro atoms. The van der Waals surface area contributed by atoms with Crippen molar-refractivity contribution in [2.24, 2.45) is 0 Å². The van der Waals surface area contributed by atoms with Gasteiger partial charge in [0.2, 0.25) is 5.95 Å². The van der Waals surface area contributed by atoms with E-state index in [0.29, 0.717) is 30.4 Å². The van der Waals surface area contributed by atoms with Crippen LogP contribution in [0.3, 0.4) is 0 Å². The zero-order valence-corrected chi connectivity index (χ0v) is 9.77. The number of aromatic nitrogens is 3. The van der Waals surface area contributed by atoms with Crippen LogP contribution in [0.2, 0.25) is 0 Å². The fourth-order valence-corrected chi connectivity index (χ4v) is 1.22. The van der Waals surface area contributed by atoms with Gasteiger partial charge in [0.05, 0.1) is 0 Å². The third-order valence-corrected chi connectivity index (χ3v) is 2.06. The normalized spacial score (nSPS) is 10.2. The molecular formula is C10H16N4O2. The van der Waals surface area contributed by atoms with Crippen LogP contribution >= 0.6 is 0 Å². The van der Waals surface area contributed by atoms with E-state index in [-0.39, 0.29) is 6.54 Å². The lowest BCUT2D eigenvalue weighted by Crippen LogP contribution is -2.27. The monoisotopic (exact) mass is 224 g/mol. The van der Waals surface area contributed by atoms with Crippen molar-refractivity contribution in [1.82, 2.24) is 15.0 Å². The number of carboxylic acids is 1. The summed E-state index contributed by atoms with van der Waals surface area (Å²) < 4.78 is 0. The van der Waals surface area contributed by atoms with E-state index in [4.69, 9.17) is 5.11 Å². The molecule has 16 heavy (non-hydrogen) atoms. The predicted molar refractivity (Wildman–Crippen MR) is 59.5 cm³/mol. The molecule has 0 unspecified atom stereocenters. The molecule has 0 saturated heterocycles. The quantitative estimate of drug-likeness (QED) is 0.785. The first-order chi connectivity index (χ1) is 7.56. The zero-order chi connectivity index (χ0) is 12.1. The van der Waals surface area contributed by atoms with Crippen molar-refractivity contribution in [1.29, 1.82) is 0 Å². The van der Waals surface area contributed by atoms with Gasteiger partial charge in [-0.3, -0.25) is 4.79 Å². The Bertz CT molecular complexity index is 359. The molecule has 1 N–H and O–H groups in total. The molecular weight excluding hydrogens is 208 g/mol. The van der Waals surface area contributed by atoms with E-state index in [2.05, 4.69) is 15.0 Å². The number of nitrogens with zero attached hydrogens (tertiary/aromatic N) is 4. The van der Waals surface area contributed by atoms with Gasteiger partial charge in [0.15, 0.2) is 0 Å². The van der Waals surface area contributed by atoms with Gasteiger partial charge < -0.3 is 10.0 Å². The standard InChI is InChI=1S/C10H16N4O2/c1-4-7-11-8(5-2)13-10(12-7)14(3)6-9(15)16/h4-6H2,1-3H3,(H,15,16). The number of carbonyl (C=O) groups is 1. The Morgan fingerprint density at radius 3 is 2.06 bits per heavy atom. The molecule has 0 bridgehead atoms. The van der Waals surface area contributed by atoms with Crippen LogP contribution in [0.4, 0.5) is 5.95 Å². The number of anilines is 1. The summed E-state index contributed by atoms with van der Waals surface area (Å²) in [7, 11) is 1.66. The molecule has 0 atom stereocenters. The molecule has 6 nitrogen and oxygen atoms in total. The maximum Gasteiger partial charge on any atom is 0.323 e. The maximum absolute atomic E-state index is 10.6. The molecule has 0 fully saturated rings. The van der Waals surface area contributed by atoms with E-state index in [9.17, 15) is 4.79 Å². The SMILES string of the molecule is CCc1nc(CC)nc(N(C)CC(=O)O)n1. The van der Waals surface area contributed by atoms with Crippen LogP contribution in [0.15, 0.2) is 0 Å². The number of carboxylic acid groups (broad SMARTS) is 1. The number of likely N-dealkylation sites (N-methyl/N-ethyl adjacent to an activating group) is 1. The fourth-order valence-electron chi connectivity index (χ4n) is 1.22. The highest BCUT2D eigenvalue weighted by atomic mass is 16.4. The number of hydrogen-bond acceptors (Lipinski definition) is 5. The van der Waals surface area contributed by atoms with Gasteiger partial charge in [-0.1, -0.05) is 13.8 Å². The summed E-state index contributed by atoms with van der Waals surface area (Å²) in [4.78, 5) is 24.7. The molecule has 1 aromatic heterocycles. The molecule has 0 aliphatic carbocycles. The summed E-state index contributed by atoms with van der Waals surface area (Å²) in [5.74, 6) is 0.906. The van der Waals surface area contributed by atoms with Crippen LogP contribution in [0.25, 0.3) is 0 Å². The lowest BCUT2D eigenvalue weighted by atomic mass is 10.4. The fraction of sp³-hybridized carbons (Fsp3) is 0.600. The topological polar surface area (TPSA) is 79.2 Å². The number of aliphatic carboxylic acids is 1. The number of rotatable bonds is 5. The van der Waals surface area contributed by atoms with Gasteiger partial charge in [-0.25, -0.2) is 4.98 Å². The second-order valence-corrected chi connectivity index (χ2v) is 3.42. The molecule has 88 valence electrons. The van der Waals surface area contributed by atoms with Crippen LogP contribution in [0.1, 0.15) is 25.5 Å². The molecule has 0 aliphatic rings. The summed E-state index contributed by atoms with van der Waals surface area (Å²) in [6.45, 7) is 3.79. The van der Waals surface area contributed by atoms with Crippen molar-refractivity contribution in [3.05, 3.63) is 11.6 Å². The summed E-state index contributed by atoms with van der Waals surface area (Å²) in [5, 5.41) is 8.69. The van der Waals surface area contributed by atoms with E-state index in [1.807, 2.05) is 13.8 Å². The first kappa shape index (κ1) is 12.4. The smallest absolute Gasteiger partial charge is 0.323 e. The summed E-state index contributed by atoms with van der Waals surface area (Å²) in [6, 6.07) is 0. The Morgan fingerprint density at radius 1 is 1.19 bits per heavy atom. The zero-order valence-electron chi connectivity index (χ0n) is 9.77. The van der Waals surface area contributed by atoms with Crippen molar-refractivity contribution in [2.45, 2.75) is 26.7 Å². The molecule has 0 amide bonds. The van der Waals surface area contributed by atoms with Gasteiger partial charge in [-0.05, 0) is 0 Å². The first-order valence-electron chi connectivity index (χ1n) is 5.23. The second kappa shape index (κ2) is 5.39. The Balaban J connectivity index is 2.97. The minimum Gasteiger partial charge on any atom is -0.480 e. The summed E-state index contributed by atoms with van der Waals surface area (Å²) in [5.41, 5.74) is 0.